The monoisotopic (exact) mass is 378 g/mol. The highest BCUT2D eigenvalue weighted by Crippen LogP contribution is 2.27. The molecule has 0 radical (unpaired) electrons. The average Bonchev–Trinajstić information content (AvgIpc) is 2.38. The van der Waals surface area contributed by atoms with E-state index in [0.717, 1.165) is 6.07 Å². The maximum absolute atomic E-state index is 13.7. The van der Waals surface area contributed by atoms with Crippen LogP contribution in [0, 0.1) is 11.6 Å². The molecule has 2 aromatic rings. The molecule has 0 spiro atoms. The van der Waals surface area contributed by atoms with Crippen LogP contribution in [0.25, 0.3) is 0 Å². The first-order valence-electron chi connectivity index (χ1n) is 5.50. The second-order valence-corrected chi connectivity index (χ2v) is 5.72. The van der Waals surface area contributed by atoms with Crippen molar-refractivity contribution in [2.24, 2.45) is 0 Å². The van der Waals surface area contributed by atoms with Crippen LogP contribution in [0.4, 0.5) is 8.78 Å². The molecule has 104 valence electrons. The van der Waals surface area contributed by atoms with Crippen LogP contribution in [-0.2, 0) is 6.42 Å². The molecule has 6 heteroatoms. The van der Waals surface area contributed by atoms with Crippen molar-refractivity contribution in [1.29, 1.82) is 0 Å². The Hall–Kier alpha value is -0.970. The van der Waals surface area contributed by atoms with Crippen molar-refractivity contribution >= 4 is 44.9 Å². The Labute approximate surface area is 132 Å². The smallest absolute Gasteiger partial charge is 0.170 e. The van der Waals surface area contributed by atoms with Gasteiger partial charge in [0.15, 0.2) is 5.78 Å². The van der Waals surface area contributed by atoms with Crippen LogP contribution in [0.1, 0.15) is 15.9 Å². The minimum atomic E-state index is -0.723. The minimum Gasteiger partial charge on any atom is -0.294 e. The molecule has 0 saturated heterocycles. The lowest BCUT2D eigenvalue weighted by Crippen LogP contribution is -2.08. The van der Waals surface area contributed by atoms with Crippen molar-refractivity contribution < 1.29 is 13.6 Å². The summed E-state index contributed by atoms with van der Waals surface area (Å²) in [6, 6.07) is 6.40. The largest absolute Gasteiger partial charge is 0.294 e. The molecule has 0 aliphatic heterocycles. The number of rotatable bonds is 3. The Bertz CT molecular complexity index is 669. The van der Waals surface area contributed by atoms with Crippen molar-refractivity contribution in [3.05, 3.63) is 67.6 Å². The molecule has 0 fully saturated rings. The molecule has 0 aromatic heterocycles. The Balaban J connectivity index is 2.36. The zero-order chi connectivity index (χ0) is 14.9. The lowest BCUT2D eigenvalue weighted by Gasteiger charge is -2.07. The highest BCUT2D eigenvalue weighted by atomic mass is 79.9. The maximum Gasteiger partial charge on any atom is 0.170 e. The fourth-order valence-electron chi connectivity index (χ4n) is 1.69. The van der Waals surface area contributed by atoms with Gasteiger partial charge in [0, 0.05) is 21.5 Å². The topological polar surface area (TPSA) is 17.1 Å². The molecular formula is C14H7BrCl2F2O. The Morgan fingerprint density at radius 3 is 2.45 bits per heavy atom. The summed E-state index contributed by atoms with van der Waals surface area (Å²) in [5.74, 6) is -1.92. The lowest BCUT2D eigenvalue weighted by atomic mass is 10.0. The van der Waals surface area contributed by atoms with Crippen molar-refractivity contribution in [2.75, 3.05) is 0 Å². The summed E-state index contributed by atoms with van der Waals surface area (Å²) in [4.78, 5) is 12.1. The van der Waals surface area contributed by atoms with E-state index in [0.29, 0.717) is 4.47 Å². The van der Waals surface area contributed by atoms with Gasteiger partial charge in [0.25, 0.3) is 0 Å². The molecule has 0 atom stereocenters. The molecule has 0 amide bonds. The van der Waals surface area contributed by atoms with Crippen LogP contribution in [0.15, 0.2) is 34.8 Å². The quantitative estimate of drug-likeness (QED) is 0.511. The van der Waals surface area contributed by atoms with Gasteiger partial charge in [-0.1, -0.05) is 29.3 Å². The highest BCUT2D eigenvalue weighted by Gasteiger charge is 2.18. The Kier molecular flexibility index (Phi) is 4.78. The first-order chi connectivity index (χ1) is 9.40. The molecule has 0 heterocycles. The number of benzene rings is 2. The van der Waals surface area contributed by atoms with Gasteiger partial charge in [-0.3, -0.25) is 4.79 Å². The molecule has 20 heavy (non-hydrogen) atoms. The van der Waals surface area contributed by atoms with Gasteiger partial charge < -0.3 is 0 Å². The summed E-state index contributed by atoms with van der Waals surface area (Å²) in [6.07, 6.45) is -0.333. The van der Waals surface area contributed by atoms with Crippen molar-refractivity contribution in [3.8, 4) is 0 Å². The number of hydrogen-bond acceptors (Lipinski definition) is 1. The zero-order valence-corrected chi connectivity index (χ0v) is 13.0. The Morgan fingerprint density at radius 2 is 1.80 bits per heavy atom. The molecule has 0 saturated carbocycles. The number of hydrogen-bond donors (Lipinski definition) is 0. The van der Waals surface area contributed by atoms with E-state index in [9.17, 15) is 13.6 Å². The van der Waals surface area contributed by atoms with Crippen LogP contribution < -0.4 is 0 Å². The fraction of sp³-hybridized carbons (Fsp3) is 0.0714. The number of ketones is 1. The SMILES string of the molecule is O=C(Cc1c(F)cccc1Cl)c1cc(Cl)c(Br)cc1F. The zero-order valence-electron chi connectivity index (χ0n) is 9.89. The molecule has 1 nitrogen and oxygen atoms in total. The van der Waals surface area contributed by atoms with E-state index in [1.54, 1.807) is 0 Å². The molecule has 0 aliphatic carbocycles. The van der Waals surface area contributed by atoms with Crippen molar-refractivity contribution in [2.45, 2.75) is 6.42 Å². The molecule has 2 rings (SSSR count). The Morgan fingerprint density at radius 1 is 1.10 bits per heavy atom. The molecule has 0 unspecified atom stereocenters. The van der Waals surface area contributed by atoms with Crippen LogP contribution >= 0.6 is 39.1 Å². The van der Waals surface area contributed by atoms with Crippen LogP contribution in [0.2, 0.25) is 10.0 Å². The van der Waals surface area contributed by atoms with Crippen LogP contribution in [0.3, 0.4) is 0 Å². The standard InChI is InChI=1S/C14H7BrCl2F2O/c15-9-6-13(19)8(4-11(9)17)14(20)5-7-10(16)2-1-3-12(7)18/h1-4,6H,5H2. The molecule has 0 N–H and O–H groups in total. The normalized spacial score (nSPS) is 10.7. The third-order valence-electron chi connectivity index (χ3n) is 2.71. The number of Topliss-reactive ketones (excluding diaryl/α,β-unsaturated/α-hetero) is 1. The second kappa shape index (κ2) is 6.20. The van der Waals surface area contributed by atoms with Gasteiger partial charge in [0.2, 0.25) is 0 Å². The van der Waals surface area contributed by atoms with Gasteiger partial charge in [0.05, 0.1) is 10.6 Å². The van der Waals surface area contributed by atoms with Gasteiger partial charge >= 0.3 is 0 Å². The maximum atomic E-state index is 13.7. The van der Waals surface area contributed by atoms with E-state index < -0.39 is 17.4 Å². The van der Waals surface area contributed by atoms with Gasteiger partial charge in [-0.05, 0) is 40.2 Å². The minimum absolute atomic E-state index is 0.0395. The van der Waals surface area contributed by atoms with Crippen LogP contribution in [0.5, 0.6) is 0 Å². The average molecular weight is 380 g/mol. The van der Waals surface area contributed by atoms with E-state index in [1.807, 2.05) is 0 Å². The molecule has 2 aromatic carbocycles. The summed E-state index contributed by atoms with van der Waals surface area (Å²) in [5.41, 5.74) is -0.157. The summed E-state index contributed by atoms with van der Waals surface area (Å²) in [6.45, 7) is 0. The van der Waals surface area contributed by atoms with E-state index >= 15 is 0 Å². The first kappa shape index (κ1) is 15.4. The van der Waals surface area contributed by atoms with E-state index in [1.165, 1.54) is 24.3 Å². The predicted octanol–water partition coefficient (Wildman–Crippen LogP) is 5.46. The highest BCUT2D eigenvalue weighted by molar-refractivity contribution is 9.10. The van der Waals surface area contributed by atoms with Gasteiger partial charge in [0.1, 0.15) is 11.6 Å². The first-order valence-corrected chi connectivity index (χ1v) is 7.05. The van der Waals surface area contributed by atoms with E-state index in [2.05, 4.69) is 15.9 Å². The number of carbonyl (C=O) groups is 1. The van der Waals surface area contributed by atoms with E-state index in [4.69, 9.17) is 23.2 Å². The molecular weight excluding hydrogens is 373 g/mol. The van der Waals surface area contributed by atoms with Crippen molar-refractivity contribution in [3.63, 3.8) is 0 Å². The summed E-state index contributed by atoms with van der Waals surface area (Å²) >= 11 is 14.7. The second-order valence-electron chi connectivity index (χ2n) is 4.05. The van der Waals surface area contributed by atoms with Crippen molar-refractivity contribution in [1.82, 2.24) is 0 Å². The van der Waals surface area contributed by atoms with Gasteiger partial charge in [-0.2, -0.15) is 0 Å². The third-order valence-corrected chi connectivity index (χ3v) is 4.26. The predicted molar refractivity (Wildman–Crippen MR) is 78.6 cm³/mol. The number of carbonyl (C=O) groups excluding carboxylic acids is 1. The van der Waals surface area contributed by atoms with Gasteiger partial charge in [-0.15, -0.1) is 0 Å². The third kappa shape index (κ3) is 3.19. The lowest BCUT2D eigenvalue weighted by molar-refractivity contribution is 0.0988. The molecule has 0 bridgehead atoms. The summed E-state index contributed by atoms with van der Waals surface area (Å²) in [5, 5.41) is 0.330. The van der Waals surface area contributed by atoms with Gasteiger partial charge in [-0.25, -0.2) is 8.78 Å². The summed E-state index contributed by atoms with van der Waals surface area (Å²) in [7, 11) is 0. The summed E-state index contributed by atoms with van der Waals surface area (Å²) < 4.78 is 27.7. The fourth-order valence-corrected chi connectivity index (χ4v) is 2.40. The van der Waals surface area contributed by atoms with Crippen LogP contribution in [-0.4, -0.2) is 5.78 Å². The van der Waals surface area contributed by atoms with E-state index in [-0.39, 0.29) is 27.6 Å². The number of halogens is 5. The molecule has 0 aliphatic rings.